The molecule has 1 aliphatic carbocycles. The number of aryl methyl sites for hydroxylation is 2. The number of benzene rings is 1. The van der Waals surface area contributed by atoms with Gasteiger partial charge >= 0.3 is 0 Å². The normalized spacial score (nSPS) is 17.8. The molecule has 0 unspecified atom stereocenters. The second-order valence-electron chi connectivity index (χ2n) is 5.74. The van der Waals surface area contributed by atoms with Crippen molar-refractivity contribution >= 4 is 0 Å². The Morgan fingerprint density at radius 3 is 2.59 bits per heavy atom. The van der Waals surface area contributed by atoms with E-state index in [9.17, 15) is 0 Å². The van der Waals surface area contributed by atoms with Crippen LogP contribution in [0.2, 0.25) is 0 Å². The summed E-state index contributed by atoms with van der Waals surface area (Å²) in [6, 6.07) is 6.73. The van der Waals surface area contributed by atoms with Gasteiger partial charge in [-0.05, 0) is 49.7 Å². The van der Waals surface area contributed by atoms with Gasteiger partial charge in [0.2, 0.25) is 0 Å². The van der Waals surface area contributed by atoms with Crippen LogP contribution in [0, 0.1) is 19.3 Å². The van der Waals surface area contributed by atoms with Crippen molar-refractivity contribution in [1.82, 2.24) is 5.32 Å². The quantitative estimate of drug-likeness (QED) is 0.808. The van der Waals surface area contributed by atoms with E-state index in [0.717, 1.165) is 6.54 Å². The molecule has 0 atom stereocenters. The fourth-order valence-corrected chi connectivity index (χ4v) is 2.79. The van der Waals surface area contributed by atoms with Crippen molar-refractivity contribution in [1.29, 1.82) is 0 Å². The maximum atomic E-state index is 3.66. The molecule has 94 valence electrons. The standard InChI is InChI=1S/C16H25N/c1-4-16(8-5-9-16)12-17-11-15-10-13(2)6-7-14(15)3/h6-7,10,17H,4-5,8-9,11-12H2,1-3H3. The van der Waals surface area contributed by atoms with Crippen molar-refractivity contribution < 1.29 is 0 Å². The second-order valence-corrected chi connectivity index (χ2v) is 5.74. The molecule has 0 saturated heterocycles. The summed E-state index contributed by atoms with van der Waals surface area (Å²) in [7, 11) is 0. The van der Waals surface area contributed by atoms with Crippen molar-refractivity contribution in [2.45, 2.75) is 53.0 Å². The number of hydrogen-bond acceptors (Lipinski definition) is 1. The predicted molar refractivity (Wildman–Crippen MR) is 74.2 cm³/mol. The first-order chi connectivity index (χ1) is 8.15. The number of hydrogen-bond donors (Lipinski definition) is 1. The number of nitrogens with one attached hydrogen (secondary N) is 1. The Kier molecular flexibility index (Phi) is 3.88. The minimum Gasteiger partial charge on any atom is -0.312 e. The molecule has 0 spiro atoms. The molecule has 1 nitrogen and oxygen atoms in total. The van der Waals surface area contributed by atoms with Gasteiger partial charge in [-0.1, -0.05) is 37.1 Å². The summed E-state index contributed by atoms with van der Waals surface area (Å²) in [6.07, 6.45) is 5.60. The molecule has 1 fully saturated rings. The average molecular weight is 231 g/mol. The fourth-order valence-electron chi connectivity index (χ4n) is 2.79. The van der Waals surface area contributed by atoms with Crippen molar-refractivity contribution in [2.75, 3.05) is 6.54 Å². The van der Waals surface area contributed by atoms with Crippen molar-refractivity contribution in [2.24, 2.45) is 5.41 Å². The van der Waals surface area contributed by atoms with Gasteiger partial charge in [-0.3, -0.25) is 0 Å². The molecule has 0 radical (unpaired) electrons. The van der Waals surface area contributed by atoms with Crippen LogP contribution in [0.5, 0.6) is 0 Å². The molecule has 1 aromatic rings. The largest absolute Gasteiger partial charge is 0.312 e. The van der Waals surface area contributed by atoms with E-state index in [1.807, 2.05) is 0 Å². The first-order valence-corrected chi connectivity index (χ1v) is 6.92. The molecule has 1 N–H and O–H groups in total. The van der Waals surface area contributed by atoms with Gasteiger partial charge in [0.1, 0.15) is 0 Å². The smallest absolute Gasteiger partial charge is 0.0208 e. The van der Waals surface area contributed by atoms with Crippen molar-refractivity contribution in [3.05, 3.63) is 34.9 Å². The van der Waals surface area contributed by atoms with Gasteiger partial charge in [0, 0.05) is 13.1 Å². The second kappa shape index (κ2) is 5.22. The Balaban J connectivity index is 1.87. The maximum Gasteiger partial charge on any atom is 0.0208 e. The SMILES string of the molecule is CCC1(CNCc2cc(C)ccc2C)CCC1. The molecule has 2 rings (SSSR count). The van der Waals surface area contributed by atoms with Crippen LogP contribution >= 0.6 is 0 Å². The topological polar surface area (TPSA) is 12.0 Å². The van der Waals surface area contributed by atoms with Crippen LogP contribution in [0.4, 0.5) is 0 Å². The molecule has 0 aromatic heterocycles. The van der Waals surface area contributed by atoms with E-state index < -0.39 is 0 Å². The Morgan fingerprint density at radius 2 is 2.00 bits per heavy atom. The molecule has 0 aliphatic heterocycles. The predicted octanol–water partition coefficient (Wildman–Crippen LogP) is 3.97. The van der Waals surface area contributed by atoms with Crippen molar-refractivity contribution in [3.8, 4) is 0 Å². The fraction of sp³-hybridized carbons (Fsp3) is 0.625. The van der Waals surface area contributed by atoms with E-state index in [0.29, 0.717) is 5.41 Å². The maximum absolute atomic E-state index is 3.66. The Morgan fingerprint density at radius 1 is 1.24 bits per heavy atom. The molecular formula is C16H25N. The van der Waals surface area contributed by atoms with Gasteiger partial charge in [-0.15, -0.1) is 0 Å². The summed E-state index contributed by atoms with van der Waals surface area (Å²) in [5.74, 6) is 0. The Labute approximate surface area is 106 Å². The van der Waals surface area contributed by atoms with E-state index in [4.69, 9.17) is 0 Å². The number of rotatable bonds is 5. The van der Waals surface area contributed by atoms with Crippen LogP contribution < -0.4 is 5.32 Å². The molecule has 17 heavy (non-hydrogen) atoms. The summed E-state index contributed by atoms with van der Waals surface area (Å²) < 4.78 is 0. The van der Waals surface area contributed by atoms with Crippen LogP contribution in [0.25, 0.3) is 0 Å². The third-order valence-corrected chi connectivity index (χ3v) is 4.48. The summed E-state index contributed by atoms with van der Waals surface area (Å²) in [5, 5.41) is 3.66. The first-order valence-electron chi connectivity index (χ1n) is 6.92. The molecule has 1 aliphatic rings. The van der Waals surface area contributed by atoms with Gasteiger partial charge in [-0.2, -0.15) is 0 Å². The Bertz CT molecular complexity index is 372. The van der Waals surface area contributed by atoms with Crippen molar-refractivity contribution in [3.63, 3.8) is 0 Å². The Hall–Kier alpha value is -0.820. The third kappa shape index (κ3) is 2.90. The molecule has 1 saturated carbocycles. The van der Waals surface area contributed by atoms with Crippen LogP contribution in [-0.2, 0) is 6.54 Å². The summed E-state index contributed by atoms with van der Waals surface area (Å²) in [6.45, 7) is 8.92. The molecule has 0 amide bonds. The van der Waals surface area contributed by atoms with E-state index in [-0.39, 0.29) is 0 Å². The van der Waals surface area contributed by atoms with Gasteiger partial charge in [0.15, 0.2) is 0 Å². The zero-order valence-corrected chi connectivity index (χ0v) is 11.5. The highest BCUT2D eigenvalue weighted by molar-refractivity contribution is 5.30. The van der Waals surface area contributed by atoms with E-state index in [2.05, 4.69) is 44.3 Å². The third-order valence-electron chi connectivity index (χ3n) is 4.48. The van der Waals surface area contributed by atoms with Crippen LogP contribution in [0.15, 0.2) is 18.2 Å². The zero-order chi connectivity index (χ0) is 12.3. The highest BCUT2D eigenvalue weighted by Gasteiger charge is 2.34. The lowest BCUT2D eigenvalue weighted by atomic mass is 9.67. The van der Waals surface area contributed by atoms with E-state index in [1.165, 1.54) is 48.9 Å². The van der Waals surface area contributed by atoms with Gasteiger partial charge < -0.3 is 5.32 Å². The summed E-state index contributed by atoms with van der Waals surface area (Å²) >= 11 is 0. The van der Waals surface area contributed by atoms with Crippen LogP contribution in [0.3, 0.4) is 0 Å². The molecule has 1 aromatic carbocycles. The molecule has 0 bridgehead atoms. The zero-order valence-electron chi connectivity index (χ0n) is 11.5. The summed E-state index contributed by atoms with van der Waals surface area (Å²) in [4.78, 5) is 0. The van der Waals surface area contributed by atoms with E-state index >= 15 is 0 Å². The minimum atomic E-state index is 0.623. The minimum absolute atomic E-state index is 0.623. The monoisotopic (exact) mass is 231 g/mol. The summed E-state index contributed by atoms with van der Waals surface area (Å²) in [5.41, 5.74) is 4.84. The first kappa shape index (κ1) is 12.6. The lowest BCUT2D eigenvalue weighted by Gasteiger charge is -2.41. The van der Waals surface area contributed by atoms with Gasteiger partial charge in [-0.25, -0.2) is 0 Å². The van der Waals surface area contributed by atoms with E-state index in [1.54, 1.807) is 0 Å². The highest BCUT2D eigenvalue weighted by Crippen LogP contribution is 2.43. The lowest BCUT2D eigenvalue weighted by Crippen LogP contribution is -2.39. The average Bonchev–Trinajstić information content (AvgIpc) is 2.27. The van der Waals surface area contributed by atoms with Gasteiger partial charge in [0.25, 0.3) is 0 Å². The molecule has 1 heteroatoms. The van der Waals surface area contributed by atoms with Crippen LogP contribution in [-0.4, -0.2) is 6.54 Å². The molecular weight excluding hydrogens is 206 g/mol. The molecule has 0 heterocycles. The van der Waals surface area contributed by atoms with Crippen LogP contribution in [0.1, 0.15) is 49.3 Å². The van der Waals surface area contributed by atoms with Gasteiger partial charge in [0.05, 0.1) is 0 Å². The lowest BCUT2D eigenvalue weighted by molar-refractivity contribution is 0.124. The highest BCUT2D eigenvalue weighted by atomic mass is 14.9.